The van der Waals surface area contributed by atoms with E-state index in [1.807, 2.05) is 6.92 Å². The Hall–Kier alpha value is -1.18. The van der Waals surface area contributed by atoms with E-state index in [2.05, 4.69) is 15.0 Å². The summed E-state index contributed by atoms with van der Waals surface area (Å²) in [5.41, 5.74) is 0. The molecule has 3 unspecified atom stereocenters. The Kier molecular flexibility index (Phi) is 3.66. The molecule has 20 heavy (non-hydrogen) atoms. The van der Waals surface area contributed by atoms with Crippen molar-refractivity contribution < 1.29 is 13.2 Å². The predicted molar refractivity (Wildman–Crippen MR) is 75.0 cm³/mol. The van der Waals surface area contributed by atoms with Crippen LogP contribution in [-0.2, 0) is 14.8 Å². The first kappa shape index (κ1) is 13.8. The fourth-order valence-electron chi connectivity index (χ4n) is 2.89. The lowest BCUT2D eigenvalue weighted by Gasteiger charge is -2.20. The first-order valence-corrected chi connectivity index (χ1v) is 8.44. The number of sulfonamides is 1. The molecule has 6 nitrogen and oxygen atoms in total. The standard InChI is InChI=1S/C13H19N3O3S/c1-2-14-13-8-10(5-6-15-13)20(17,18)16-11-7-9-3-4-12(11)19-9/h5-6,8-9,11-12,16H,2-4,7H2,1H3,(H,14,15). The molecule has 2 aliphatic rings. The molecule has 0 aliphatic carbocycles. The minimum atomic E-state index is -3.52. The van der Waals surface area contributed by atoms with Crippen molar-refractivity contribution in [3.05, 3.63) is 18.3 Å². The number of fused-ring (bicyclic) bond motifs is 2. The van der Waals surface area contributed by atoms with Crippen molar-refractivity contribution in [2.75, 3.05) is 11.9 Å². The normalized spacial score (nSPS) is 28.8. The van der Waals surface area contributed by atoms with Crippen LogP contribution in [0.25, 0.3) is 0 Å². The van der Waals surface area contributed by atoms with Crippen LogP contribution in [0, 0.1) is 0 Å². The van der Waals surface area contributed by atoms with E-state index < -0.39 is 10.0 Å². The molecule has 2 saturated heterocycles. The van der Waals surface area contributed by atoms with Crippen molar-refractivity contribution >= 4 is 15.8 Å². The Bertz CT molecular complexity index is 590. The van der Waals surface area contributed by atoms with E-state index in [-0.39, 0.29) is 23.1 Å². The van der Waals surface area contributed by atoms with Gasteiger partial charge in [0.15, 0.2) is 0 Å². The Labute approximate surface area is 119 Å². The molecule has 1 aromatic rings. The minimum absolute atomic E-state index is 0.0323. The van der Waals surface area contributed by atoms with Crippen molar-refractivity contribution in [1.82, 2.24) is 9.71 Å². The van der Waals surface area contributed by atoms with E-state index in [4.69, 9.17) is 4.74 Å². The third-order valence-corrected chi connectivity index (χ3v) is 5.30. The largest absolute Gasteiger partial charge is 0.373 e. The van der Waals surface area contributed by atoms with Crippen LogP contribution in [0.4, 0.5) is 5.82 Å². The highest BCUT2D eigenvalue weighted by molar-refractivity contribution is 7.89. The number of hydrogen-bond acceptors (Lipinski definition) is 5. The van der Waals surface area contributed by atoms with Crippen molar-refractivity contribution in [3.63, 3.8) is 0 Å². The molecule has 0 aromatic carbocycles. The van der Waals surface area contributed by atoms with Crippen LogP contribution in [0.2, 0.25) is 0 Å². The Morgan fingerprint density at radius 3 is 2.95 bits per heavy atom. The molecular weight excluding hydrogens is 278 g/mol. The lowest BCUT2D eigenvalue weighted by atomic mass is 9.96. The molecular formula is C13H19N3O3S. The van der Waals surface area contributed by atoms with Gasteiger partial charge < -0.3 is 10.1 Å². The van der Waals surface area contributed by atoms with E-state index in [0.717, 1.165) is 19.3 Å². The van der Waals surface area contributed by atoms with Gasteiger partial charge in [0.05, 0.1) is 23.1 Å². The average molecular weight is 297 g/mol. The van der Waals surface area contributed by atoms with Gasteiger partial charge in [0.2, 0.25) is 10.0 Å². The van der Waals surface area contributed by atoms with Gasteiger partial charge in [0.25, 0.3) is 0 Å². The smallest absolute Gasteiger partial charge is 0.241 e. The van der Waals surface area contributed by atoms with Gasteiger partial charge in [-0.3, -0.25) is 0 Å². The predicted octanol–water partition coefficient (Wildman–Crippen LogP) is 1.11. The second kappa shape index (κ2) is 5.31. The molecule has 2 bridgehead atoms. The zero-order valence-electron chi connectivity index (χ0n) is 11.4. The molecule has 7 heteroatoms. The van der Waals surface area contributed by atoms with E-state index in [1.165, 1.54) is 12.3 Å². The lowest BCUT2D eigenvalue weighted by molar-refractivity contribution is 0.0996. The molecule has 2 N–H and O–H groups in total. The third kappa shape index (κ3) is 2.65. The van der Waals surface area contributed by atoms with Gasteiger partial charge in [-0.25, -0.2) is 18.1 Å². The van der Waals surface area contributed by atoms with Crippen LogP contribution in [0.15, 0.2) is 23.2 Å². The molecule has 3 heterocycles. The van der Waals surface area contributed by atoms with Crippen LogP contribution in [0.1, 0.15) is 26.2 Å². The maximum absolute atomic E-state index is 12.4. The zero-order valence-corrected chi connectivity index (χ0v) is 12.2. The quantitative estimate of drug-likeness (QED) is 0.851. The molecule has 2 aliphatic heterocycles. The third-order valence-electron chi connectivity index (χ3n) is 3.81. The first-order chi connectivity index (χ1) is 9.58. The Morgan fingerprint density at radius 1 is 1.45 bits per heavy atom. The van der Waals surface area contributed by atoms with Crippen LogP contribution in [0.5, 0.6) is 0 Å². The summed E-state index contributed by atoms with van der Waals surface area (Å²) in [6, 6.07) is 2.96. The van der Waals surface area contributed by atoms with Crippen molar-refractivity contribution in [2.45, 2.75) is 49.3 Å². The highest BCUT2D eigenvalue weighted by Crippen LogP contribution is 2.35. The number of nitrogens with zero attached hydrogens (tertiary/aromatic N) is 1. The van der Waals surface area contributed by atoms with Crippen LogP contribution >= 0.6 is 0 Å². The second-order valence-electron chi connectivity index (χ2n) is 5.24. The topological polar surface area (TPSA) is 80.3 Å². The van der Waals surface area contributed by atoms with E-state index in [9.17, 15) is 8.42 Å². The fourth-order valence-corrected chi connectivity index (χ4v) is 4.17. The van der Waals surface area contributed by atoms with E-state index in [0.29, 0.717) is 12.4 Å². The van der Waals surface area contributed by atoms with Gasteiger partial charge in [-0.05, 0) is 32.3 Å². The number of nitrogens with one attached hydrogen (secondary N) is 2. The minimum Gasteiger partial charge on any atom is -0.373 e. The van der Waals surface area contributed by atoms with Crippen molar-refractivity contribution in [3.8, 4) is 0 Å². The van der Waals surface area contributed by atoms with Gasteiger partial charge in [-0.2, -0.15) is 0 Å². The molecule has 110 valence electrons. The van der Waals surface area contributed by atoms with Crippen LogP contribution < -0.4 is 10.0 Å². The molecule has 2 fully saturated rings. The number of ether oxygens (including phenoxy) is 1. The highest BCUT2D eigenvalue weighted by Gasteiger charge is 2.42. The van der Waals surface area contributed by atoms with Gasteiger partial charge in [0, 0.05) is 18.8 Å². The van der Waals surface area contributed by atoms with Gasteiger partial charge in [-0.1, -0.05) is 0 Å². The Balaban J connectivity index is 1.76. The SMILES string of the molecule is CCNc1cc(S(=O)(=O)NC2CC3CCC2O3)ccn1. The molecule has 0 radical (unpaired) electrons. The average Bonchev–Trinajstić information content (AvgIpc) is 3.01. The number of rotatable bonds is 5. The van der Waals surface area contributed by atoms with Gasteiger partial charge >= 0.3 is 0 Å². The molecule has 0 amide bonds. The summed E-state index contributed by atoms with van der Waals surface area (Å²) < 4.78 is 33.2. The molecule has 1 aromatic heterocycles. The maximum Gasteiger partial charge on any atom is 0.241 e. The molecule has 0 spiro atoms. The van der Waals surface area contributed by atoms with Gasteiger partial charge in [-0.15, -0.1) is 0 Å². The lowest BCUT2D eigenvalue weighted by Crippen LogP contribution is -2.41. The summed E-state index contributed by atoms with van der Waals surface area (Å²) >= 11 is 0. The van der Waals surface area contributed by atoms with Crippen LogP contribution in [-0.4, -0.2) is 38.2 Å². The van der Waals surface area contributed by atoms with Crippen molar-refractivity contribution in [1.29, 1.82) is 0 Å². The van der Waals surface area contributed by atoms with Gasteiger partial charge in [0.1, 0.15) is 5.82 Å². The monoisotopic (exact) mass is 297 g/mol. The maximum atomic E-state index is 12.4. The Morgan fingerprint density at radius 2 is 2.30 bits per heavy atom. The highest BCUT2D eigenvalue weighted by atomic mass is 32.2. The number of aromatic nitrogens is 1. The number of hydrogen-bond donors (Lipinski definition) is 2. The molecule has 3 rings (SSSR count). The summed E-state index contributed by atoms with van der Waals surface area (Å²) in [5.74, 6) is 0.569. The fraction of sp³-hybridized carbons (Fsp3) is 0.615. The summed E-state index contributed by atoms with van der Waals surface area (Å²) in [7, 11) is -3.52. The second-order valence-corrected chi connectivity index (χ2v) is 6.96. The molecule has 3 atom stereocenters. The molecule has 0 saturated carbocycles. The summed E-state index contributed by atoms with van der Waals surface area (Å²) in [6.07, 6.45) is 4.52. The van der Waals surface area contributed by atoms with E-state index in [1.54, 1.807) is 6.07 Å². The number of pyridine rings is 1. The first-order valence-electron chi connectivity index (χ1n) is 6.96. The summed E-state index contributed by atoms with van der Waals surface area (Å²) in [5, 5.41) is 3.01. The van der Waals surface area contributed by atoms with E-state index >= 15 is 0 Å². The summed E-state index contributed by atoms with van der Waals surface area (Å²) in [4.78, 5) is 4.33. The summed E-state index contributed by atoms with van der Waals surface area (Å²) in [6.45, 7) is 2.64. The van der Waals surface area contributed by atoms with Crippen LogP contribution in [0.3, 0.4) is 0 Å². The zero-order chi connectivity index (χ0) is 14.2. The van der Waals surface area contributed by atoms with Crippen molar-refractivity contribution in [2.24, 2.45) is 0 Å². The number of anilines is 1.